The lowest BCUT2D eigenvalue weighted by Crippen LogP contribution is -2.31. The molecule has 0 aliphatic carbocycles. The molecule has 0 bridgehead atoms. The van der Waals surface area contributed by atoms with Crippen LogP contribution in [0, 0.1) is 0 Å². The molecule has 1 atom stereocenters. The number of nitrogens with one attached hydrogen (secondary N) is 2. The summed E-state index contributed by atoms with van der Waals surface area (Å²) < 4.78 is 7.51. The fourth-order valence-electron chi connectivity index (χ4n) is 3.86. The molecule has 1 amide bonds. The van der Waals surface area contributed by atoms with Crippen LogP contribution >= 0.6 is 11.6 Å². The van der Waals surface area contributed by atoms with Gasteiger partial charge < -0.3 is 15.4 Å². The summed E-state index contributed by atoms with van der Waals surface area (Å²) in [6.45, 7) is 2.19. The summed E-state index contributed by atoms with van der Waals surface area (Å²) in [7, 11) is 0. The van der Waals surface area contributed by atoms with Gasteiger partial charge in [0, 0.05) is 22.0 Å². The van der Waals surface area contributed by atoms with Crippen LogP contribution in [0.5, 0.6) is 5.75 Å². The highest BCUT2D eigenvalue weighted by atomic mass is 35.5. The van der Waals surface area contributed by atoms with E-state index in [1.807, 2.05) is 85.8 Å². The molecule has 2 N–H and O–H groups in total. The first-order chi connectivity index (χ1) is 16.6. The lowest BCUT2D eigenvalue weighted by atomic mass is 9.95. The molecular formula is C25H21ClN6O2. The average Bonchev–Trinajstić information content (AvgIpc) is 3.32. The minimum absolute atomic E-state index is 0.235. The van der Waals surface area contributed by atoms with Crippen molar-refractivity contribution < 1.29 is 9.53 Å². The maximum atomic E-state index is 13.3. The topological polar surface area (TPSA) is 94.0 Å². The molecule has 9 heteroatoms. The fourth-order valence-corrected chi connectivity index (χ4v) is 4.05. The van der Waals surface area contributed by atoms with Crippen LogP contribution in [-0.2, 0) is 11.4 Å². The zero-order valence-electron chi connectivity index (χ0n) is 18.3. The van der Waals surface area contributed by atoms with Crippen molar-refractivity contribution in [3.63, 3.8) is 0 Å². The summed E-state index contributed by atoms with van der Waals surface area (Å²) in [6.07, 6.45) is 0. The standard InChI is InChI=1S/C25H21ClN6O2/c1-16-22(24(33)28-19-8-3-2-4-9-19)23(32-25(27-16)29-30-31-32)17-11-13-20(14-12-17)34-15-18-7-5-6-10-21(18)26/h2-14,23H,15H2,1H3,(H,28,33)(H,27,29,31)/t23-/m1/s1. The highest BCUT2D eigenvalue weighted by molar-refractivity contribution is 6.31. The van der Waals surface area contributed by atoms with Crippen molar-refractivity contribution in [3.8, 4) is 5.75 Å². The summed E-state index contributed by atoms with van der Waals surface area (Å²) in [4.78, 5) is 13.3. The summed E-state index contributed by atoms with van der Waals surface area (Å²) >= 11 is 6.22. The number of nitrogens with zero attached hydrogens (tertiary/aromatic N) is 4. The lowest BCUT2D eigenvalue weighted by Gasteiger charge is -2.28. The Bertz CT molecular complexity index is 1350. The van der Waals surface area contributed by atoms with Crippen LogP contribution in [0.15, 0.2) is 90.1 Å². The van der Waals surface area contributed by atoms with Gasteiger partial charge in [-0.3, -0.25) is 4.79 Å². The van der Waals surface area contributed by atoms with Gasteiger partial charge in [0.2, 0.25) is 5.95 Å². The number of halogens is 1. The van der Waals surface area contributed by atoms with E-state index in [1.165, 1.54) is 0 Å². The number of tetrazole rings is 1. The quantitative estimate of drug-likeness (QED) is 0.417. The van der Waals surface area contributed by atoms with Crippen molar-refractivity contribution in [3.05, 3.63) is 106 Å². The second-order valence-corrected chi connectivity index (χ2v) is 8.19. The fraction of sp³-hybridized carbons (Fsp3) is 0.120. The van der Waals surface area contributed by atoms with Gasteiger partial charge in [0.15, 0.2) is 0 Å². The normalized spacial score (nSPS) is 14.8. The zero-order chi connectivity index (χ0) is 23.5. The third kappa shape index (κ3) is 4.35. The van der Waals surface area contributed by atoms with E-state index >= 15 is 0 Å². The van der Waals surface area contributed by atoms with Crippen molar-refractivity contribution in [1.82, 2.24) is 20.2 Å². The van der Waals surface area contributed by atoms with Crippen molar-refractivity contribution in [2.75, 3.05) is 10.6 Å². The molecule has 34 heavy (non-hydrogen) atoms. The van der Waals surface area contributed by atoms with Gasteiger partial charge in [-0.15, -0.1) is 0 Å². The van der Waals surface area contributed by atoms with Gasteiger partial charge >= 0.3 is 0 Å². The number of allylic oxidation sites excluding steroid dienone is 1. The van der Waals surface area contributed by atoms with Crippen molar-refractivity contribution in [2.45, 2.75) is 19.6 Å². The molecule has 0 spiro atoms. The number of anilines is 2. The van der Waals surface area contributed by atoms with Gasteiger partial charge in [-0.1, -0.05) is 65.2 Å². The smallest absolute Gasteiger partial charge is 0.255 e. The third-order valence-electron chi connectivity index (χ3n) is 5.54. The third-order valence-corrected chi connectivity index (χ3v) is 5.91. The Morgan fingerprint density at radius 1 is 1.06 bits per heavy atom. The molecular weight excluding hydrogens is 452 g/mol. The molecule has 0 radical (unpaired) electrons. The molecule has 4 aromatic rings. The molecule has 3 aromatic carbocycles. The Kier molecular flexibility index (Phi) is 5.97. The number of carbonyl (C=O) groups is 1. The molecule has 1 aliphatic heterocycles. The van der Waals surface area contributed by atoms with Gasteiger partial charge in [-0.2, -0.15) is 4.68 Å². The molecule has 0 unspecified atom stereocenters. The number of hydrogen-bond acceptors (Lipinski definition) is 6. The van der Waals surface area contributed by atoms with Crippen molar-refractivity contribution in [1.29, 1.82) is 0 Å². The number of amides is 1. The number of fused-ring (bicyclic) bond motifs is 1. The summed E-state index contributed by atoms with van der Waals surface area (Å²) in [5, 5.41) is 18.7. The van der Waals surface area contributed by atoms with E-state index in [9.17, 15) is 4.79 Å². The Hall–Kier alpha value is -4.17. The van der Waals surface area contributed by atoms with Crippen LogP contribution in [0.2, 0.25) is 5.02 Å². The zero-order valence-corrected chi connectivity index (χ0v) is 19.0. The van der Waals surface area contributed by atoms with Gasteiger partial charge in [0.25, 0.3) is 5.91 Å². The van der Waals surface area contributed by atoms with Crippen molar-refractivity contribution in [2.24, 2.45) is 0 Å². The average molecular weight is 473 g/mol. The minimum atomic E-state index is -0.507. The second-order valence-electron chi connectivity index (χ2n) is 7.78. The van der Waals surface area contributed by atoms with E-state index < -0.39 is 6.04 Å². The van der Waals surface area contributed by atoms with E-state index in [-0.39, 0.29) is 5.91 Å². The number of carbonyl (C=O) groups excluding carboxylic acids is 1. The number of benzene rings is 3. The Labute approximate surface area is 201 Å². The monoisotopic (exact) mass is 472 g/mol. The predicted molar refractivity (Wildman–Crippen MR) is 130 cm³/mol. The SMILES string of the molecule is CC1=C(C(=O)Nc2ccccc2)[C@@H](c2ccc(OCc3ccccc3Cl)cc2)n2nnnc2N1. The number of rotatable bonds is 6. The Morgan fingerprint density at radius 2 is 1.79 bits per heavy atom. The maximum Gasteiger partial charge on any atom is 0.255 e. The molecule has 1 aliphatic rings. The van der Waals surface area contributed by atoms with E-state index in [0.29, 0.717) is 40.3 Å². The Balaban J connectivity index is 1.42. The van der Waals surface area contributed by atoms with E-state index in [4.69, 9.17) is 16.3 Å². The minimum Gasteiger partial charge on any atom is -0.489 e. The number of hydrogen-bond donors (Lipinski definition) is 2. The van der Waals surface area contributed by atoms with Crippen LogP contribution in [-0.4, -0.2) is 26.1 Å². The summed E-state index contributed by atoms with van der Waals surface area (Å²) in [6, 6.07) is 23.9. The van der Waals surface area contributed by atoms with Gasteiger partial charge in [-0.25, -0.2) is 0 Å². The summed E-state index contributed by atoms with van der Waals surface area (Å²) in [5.74, 6) is 0.921. The highest BCUT2D eigenvalue weighted by Crippen LogP contribution is 2.35. The first-order valence-corrected chi connectivity index (χ1v) is 11.1. The van der Waals surface area contributed by atoms with E-state index in [1.54, 1.807) is 4.68 Å². The van der Waals surface area contributed by atoms with Crippen LogP contribution in [0.1, 0.15) is 24.1 Å². The number of ether oxygens (including phenoxy) is 1. The molecule has 8 nitrogen and oxygen atoms in total. The van der Waals surface area contributed by atoms with E-state index in [0.717, 1.165) is 11.1 Å². The van der Waals surface area contributed by atoms with Crippen LogP contribution < -0.4 is 15.4 Å². The van der Waals surface area contributed by atoms with E-state index in [2.05, 4.69) is 26.2 Å². The largest absolute Gasteiger partial charge is 0.489 e. The molecule has 0 saturated carbocycles. The molecule has 170 valence electrons. The number of aromatic nitrogens is 4. The lowest BCUT2D eigenvalue weighted by molar-refractivity contribution is -0.113. The maximum absolute atomic E-state index is 13.3. The Morgan fingerprint density at radius 3 is 2.56 bits per heavy atom. The van der Waals surface area contributed by atoms with Crippen LogP contribution in [0.3, 0.4) is 0 Å². The second kappa shape index (κ2) is 9.36. The number of para-hydroxylation sites is 1. The first-order valence-electron chi connectivity index (χ1n) is 10.7. The molecule has 0 saturated heterocycles. The van der Waals surface area contributed by atoms with Gasteiger partial charge in [-0.05, 0) is 53.2 Å². The molecule has 5 rings (SSSR count). The molecule has 0 fully saturated rings. The highest BCUT2D eigenvalue weighted by Gasteiger charge is 2.34. The molecule has 2 heterocycles. The van der Waals surface area contributed by atoms with Gasteiger partial charge in [0.05, 0.1) is 5.57 Å². The summed E-state index contributed by atoms with van der Waals surface area (Å²) in [5.41, 5.74) is 3.66. The predicted octanol–water partition coefficient (Wildman–Crippen LogP) is 4.83. The molecule has 1 aromatic heterocycles. The van der Waals surface area contributed by atoms with Crippen molar-refractivity contribution >= 4 is 29.1 Å². The van der Waals surface area contributed by atoms with Crippen LogP contribution in [0.4, 0.5) is 11.6 Å². The first kappa shape index (κ1) is 21.7. The van der Waals surface area contributed by atoms with Crippen LogP contribution in [0.25, 0.3) is 0 Å². The van der Waals surface area contributed by atoms with Gasteiger partial charge in [0.1, 0.15) is 18.4 Å².